The van der Waals surface area contributed by atoms with Gasteiger partial charge in [0.15, 0.2) is 16.6 Å². The standard InChI is InChI=1S/C19H17ClN2O3S/c1-22-18(23)15(21-19(22)26)9-12-7-8-16(17(10-12)24-2)25-11-13-5-3-4-6-14(13)20/h3-10H,11H2,1-2H3,(H,21,26)/b15-9-. The average molecular weight is 389 g/mol. The van der Waals surface area contributed by atoms with Crippen molar-refractivity contribution in [2.45, 2.75) is 6.61 Å². The molecule has 7 heteroatoms. The molecule has 1 fully saturated rings. The van der Waals surface area contributed by atoms with E-state index < -0.39 is 0 Å². The normalized spacial score (nSPS) is 15.3. The molecule has 0 spiro atoms. The molecule has 0 aromatic heterocycles. The third-order valence-corrected chi connectivity index (χ3v) is 4.67. The lowest BCUT2D eigenvalue weighted by Gasteiger charge is -2.12. The number of amides is 1. The van der Waals surface area contributed by atoms with E-state index in [1.165, 1.54) is 4.90 Å². The molecular weight excluding hydrogens is 372 g/mol. The van der Waals surface area contributed by atoms with Crippen molar-refractivity contribution in [3.8, 4) is 11.5 Å². The number of thiocarbonyl (C=S) groups is 1. The van der Waals surface area contributed by atoms with Crippen LogP contribution in [0.3, 0.4) is 0 Å². The number of ether oxygens (including phenoxy) is 2. The summed E-state index contributed by atoms with van der Waals surface area (Å²) in [6.07, 6.45) is 1.72. The van der Waals surface area contributed by atoms with E-state index in [4.69, 9.17) is 33.3 Å². The molecular formula is C19H17ClN2O3S. The Morgan fingerprint density at radius 1 is 1.23 bits per heavy atom. The Balaban J connectivity index is 1.79. The molecule has 0 bridgehead atoms. The summed E-state index contributed by atoms with van der Waals surface area (Å²) in [4.78, 5) is 13.5. The van der Waals surface area contributed by atoms with E-state index in [9.17, 15) is 4.79 Å². The fraction of sp³-hybridized carbons (Fsp3) is 0.158. The largest absolute Gasteiger partial charge is 0.493 e. The second kappa shape index (κ2) is 7.76. The maximum atomic E-state index is 12.1. The van der Waals surface area contributed by atoms with Crippen molar-refractivity contribution < 1.29 is 14.3 Å². The van der Waals surface area contributed by atoms with Crippen molar-refractivity contribution in [2.75, 3.05) is 14.2 Å². The molecule has 0 aliphatic carbocycles. The van der Waals surface area contributed by atoms with Crippen LogP contribution in [0, 0.1) is 0 Å². The van der Waals surface area contributed by atoms with Crippen LogP contribution in [0.2, 0.25) is 5.02 Å². The van der Waals surface area contributed by atoms with Gasteiger partial charge in [-0.3, -0.25) is 9.69 Å². The zero-order valence-corrected chi connectivity index (χ0v) is 15.9. The van der Waals surface area contributed by atoms with E-state index >= 15 is 0 Å². The number of likely N-dealkylation sites (N-methyl/N-ethyl adjacent to an activating group) is 1. The maximum Gasteiger partial charge on any atom is 0.276 e. The predicted molar refractivity (Wildman–Crippen MR) is 105 cm³/mol. The van der Waals surface area contributed by atoms with Gasteiger partial charge in [-0.05, 0) is 42.1 Å². The summed E-state index contributed by atoms with van der Waals surface area (Å²) in [6.45, 7) is 0.329. The summed E-state index contributed by atoms with van der Waals surface area (Å²) in [5, 5.41) is 3.92. The molecule has 1 amide bonds. The molecule has 0 saturated carbocycles. The van der Waals surface area contributed by atoms with E-state index in [1.54, 1.807) is 32.4 Å². The molecule has 134 valence electrons. The molecule has 1 aliphatic rings. The van der Waals surface area contributed by atoms with Crippen LogP contribution in [0.4, 0.5) is 0 Å². The van der Waals surface area contributed by atoms with Crippen LogP contribution in [-0.2, 0) is 11.4 Å². The Labute approximate surface area is 162 Å². The Bertz CT molecular complexity index is 898. The van der Waals surface area contributed by atoms with Crippen molar-refractivity contribution in [3.63, 3.8) is 0 Å². The van der Waals surface area contributed by atoms with Gasteiger partial charge < -0.3 is 14.8 Å². The maximum absolute atomic E-state index is 12.1. The summed E-state index contributed by atoms with van der Waals surface area (Å²) >= 11 is 11.2. The molecule has 1 saturated heterocycles. The Hall–Kier alpha value is -2.57. The molecule has 3 rings (SSSR count). The van der Waals surface area contributed by atoms with Gasteiger partial charge in [-0.2, -0.15) is 0 Å². The topological polar surface area (TPSA) is 50.8 Å². The highest BCUT2D eigenvalue weighted by Gasteiger charge is 2.26. The Morgan fingerprint density at radius 3 is 2.65 bits per heavy atom. The van der Waals surface area contributed by atoms with Gasteiger partial charge in [0.25, 0.3) is 5.91 Å². The minimum Gasteiger partial charge on any atom is -0.493 e. The van der Waals surface area contributed by atoms with E-state index in [1.807, 2.05) is 30.3 Å². The van der Waals surface area contributed by atoms with Crippen molar-refractivity contribution in [1.82, 2.24) is 10.2 Å². The van der Waals surface area contributed by atoms with E-state index in [-0.39, 0.29) is 5.91 Å². The second-order valence-electron chi connectivity index (χ2n) is 5.64. The summed E-state index contributed by atoms with van der Waals surface area (Å²) in [7, 11) is 3.20. The quantitative estimate of drug-likeness (QED) is 0.626. The smallest absolute Gasteiger partial charge is 0.276 e. The number of hydrogen-bond acceptors (Lipinski definition) is 4. The van der Waals surface area contributed by atoms with Crippen LogP contribution in [-0.4, -0.2) is 30.1 Å². The molecule has 1 N–H and O–H groups in total. The van der Waals surface area contributed by atoms with Gasteiger partial charge in [-0.1, -0.05) is 35.9 Å². The van der Waals surface area contributed by atoms with E-state index in [2.05, 4.69) is 5.32 Å². The Morgan fingerprint density at radius 2 is 2.00 bits per heavy atom. The van der Waals surface area contributed by atoms with Gasteiger partial charge in [0, 0.05) is 17.6 Å². The lowest BCUT2D eigenvalue weighted by atomic mass is 10.1. The van der Waals surface area contributed by atoms with Gasteiger partial charge >= 0.3 is 0 Å². The van der Waals surface area contributed by atoms with Gasteiger partial charge in [0.05, 0.1) is 7.11 Å². The number of benzene rings is 2. The number of carbonyl (C=O) groups is 1. The summed E-state index contributed by atoms with van der Waals surface area (Å²) < 4.78 is 11.2. The van der Waals surface area contributed by atoms with Gasteiger partial charge in [0.1, 0.15) is 12.3 Å². The second-order valence-corrected chi connectivity index (χ2v) is 6.44. The fourth-order valence-electron chi connectivity index (χ4n) is 2.45. The van der Waals surface area contributed by atoms with E-state index in [0.717, 1.165) is 11.1 Å². The number of methoxy groups -OCH3 is 1. The first-order valence-corrected chi connectivity index (χ1v) is 8.63. The highest BCUT2D eigenvalue weighted by molar-refractivity contribution is 7.80. The van der Waals surface area contributed by atoms with Crippen LogP contribution in [0.5, 0.6) is 11.5 Å². The van der Waals surface area contributed by atoms with Gasteiger partial charge in [0.2, 0.25) is 0 Å². The van der Waals surface area contributed by atoms with Gasteiger partial charge in [-0.25, -0.2) is 0 Å². The summed E-state index contributed by atoms with van der Waals surface area (Å²) in [6, 6.07) is 12.9. The van der Waals surface area contributed by atoms with Crippen molar-refractivity contribution in [2.24, 2.45) is 0 Å². The van der Waals surface area contributed by atoms with E-state index in [0.29, 0.717) is 33.9 Å². The van der Waals surface area contributed by atoms with Crippen molar-refractivity contribution in [1.29, 1.82) is 0 Å². The van der Waals surface area contributed by atoms with Crippen molar-refractivity contribution >= 4 is 40.9 Å². The van der Waals surface area contributed by atoms with Crippen LogP contribution >= 0.6 is 23.8 Å². The minimum absolute atomic E-state index is 0.173. The first kappa shape index (κ1) is 18.2. The molecule has 0 atom stereocenters. The third kappa shape index (κ3) is 3.81. The highest BCUT2D eigenvalue weighted by Crippen LogP contribution is 2.30. The summed E-state index contributed by atoms with van der Waals surface area (Å²) in [5.41, 5.74) is 2.10. The first-order valence-electron chi connectivity index (χ1n) is 7.84. The highest BCUT2D eigenvalue weighted by atomic mass is 35.5. The van der Waals surface area contributed by atoms with Crippen LogP contribution in [0.15, 0.2) is 48.2 Å². The predicted octanol–water partition coefficient (Wildman–Crippen LogP) is 3.62. The lowest BCUT2D eigenvalue weighted by Crippen LogP contribution is -2.25. The van der Waals surface area contributed by atoms with Crippen LogP contribution < -0.4 is 14.8 Å². The number of nitrogens with one attached hydrogen (secondary N) is 1. The minimum atomic E-state index is -0.173. The zero-order chi connectivity index (χ0) is 18.7. The molecule has 5 nitrogen and oxygen atoms in total. The molecule has 2 aromatic rings. The SMILES string of the molecule is COc1cc(/C=C2\NC(=S)N(C)C2=O)ccc1OCc1ccccc1Cl. The van der Waals surface area contributed by atoms with Gasteiger partial charge in [-0.15, -0.1) is 0 Å². The molecule has 1 aliphatic heterocycles. The summed E-state index contributed by atoms with van der Waals surface area (Å²) in [5.74, 6) is 0.980. The van der Waals surface area contributed by atoms with Crippen LogP contribution in [0.1, 0.15) is 11.1 Å². The average Bonchev–Trinajstić information content (AvgIpc) is 2.88. The number of rotatable bonds is 5. The number of halogens is 1. The molecule has 1 heterocycles. The Kier molecular flexibility index (Phi) is 5.44. The fourth-order valence-corrected chi connectivity index (χ4v) is 2.84. The first-order chi connectivity index (χ1) is 12.5. The number of nitrogens with zero attached hydrogens (tertiary/aromatic N) is 1. The lowest BCUT2D eigenvalue weighted by molar-refractivity contribution is -0.121. The molecule has 26 heavy (non-hydrogen) atoms. The molecule has 2 aromatic carbocycles. The molecule has 0 unspecified atom stereocenters. The van der Waals surface area contributed by atoms with Crippen molar-refractivity contribution in [3.05, 3.63) is 64.3 Å². The number of carbonyl (C=O) groups excluding carboxylic acids is 1. The van der Waals surface area contributed by atoms with Crippen LogP contribution in [0.25, 0.3) is 6.08 Å². The zero-order valence-electron chi connectivity index (χ0n) is 14.3. The monoisotopic (exact) mass is 388 g/mol. The third-order valence-electron chi connectivity index (χ3n) is 3.92. The molecule has 0 radical (unpaired) electrons. The number of hydrogen-bond donors (Lipinski definition) is 1.